The number of hydrogen-bond donors (Lipinski definition) is 5. The van der Waals surface area contributed by atoms with Crippen LogP contribution in [0.4, 0.5) is 0 Å². The maximum absolute atomic E-state index is 11.2. The zero-order valence-electron chi connectivity index (χ0n) is 8.26. The fraction of sp³-hybridized carbons (Fsp3) is 0.143. The fourth-order valence-corrected chi connectivity index (χ4v) is 3.66. The average molecular weight is 302 g/mol. The van der Waals surface area contributed by atoms with Crippen LogP contribution in [-0.4, -0.2) is 19.6 Å². The van der Waals surface area contributed by atoms with Crippen molar-refractivity contribution in [3.05, 3.63) is 34.9 Å². The summed E-state index contributed by atoms with van der Waals surface area (Å²) < 4.78 is 22.5. The SMILES string of the molecule is NC(c1ccc(Cl)cc1)(P(=O)(O)O)P(=O)(O)O. The molecule has 0 bridgehead atoms. The van der Waals surface area contributed by atoms with Gasteiger partial charge in [-0.25, -0.2) is 0 Å². The molecule has 17 heavy (non-hydrogen) atoms. The van der Waals surface area contributed by atoms with E-state index in [9.17, 15) is 9.13 Å². The largest absolute Gasteiger partial charge is 0.362 e. The zero-order valence-corrected chi connectivity index (χ0v) is 10.8. The summed E-state index contributed by atoms with van der Waals surface area (Å²) >= 11 is 5.56. The maximum Gasteiger partial charge on any atom is 0.362 e. The topological polar surface area (TPSA) is 141 Å². The lowest BCUT2D eigenvalue weighted by Crippen LogP contribution is -2.36. The van der Waals surface area contributed by atoms with Crippen LogP contribution in [-0.2, 0) is 14.2 Å². The monoisotopic (exact) mass is 301 g/mol. The van der Waals surface area contributed by atoms with Crippen molar-refractivity contribution in [3.63, 3.8) is 0 Å². The van der Waals surface area contributed by atoms with E-state index < -0.39 is 20.2 Å². The number of halogens is 1. The summed E-state index contributed by atoms with van der Waals surface area (Å²) in [5.41, 5.74) is 4.87. The molecular weight excluding hydrogens is 291 g/mol. The minimum atomic E-state index is -5.27. The minimum Gasteiger partial charge on any atom is -0.322 e. The Hall–Kier alpha value is -0.230. The van der Waals surface area contributed by atoms with E-state index >= 15 is 0 Å². The Balaban J connectivity index is 3.52. The van der Waals surface area contributed by atoms with E-state index in [4.69, 9.17) is 36.9 Å². The summed E-state index contributed by atoms with van der Waals surface area (Å²) in [5.74, 6) is 0. The van der Waals surface area contributed by atoms with Gasteiger partial charge in [-0.3, -0.25) is 9.13 Å². The van der Waals surface area contributed by atoms with Crippen molar-refractivity contribution >= 4 is 26.8 Å². The fourth-order valence-electron chi connectivity index (χ4n) is 1.20. The van der Waals surface area contributed by atoms with Gasteiger partial charge in [0.25, 0.3) is 0 Å². The van der Waals surface area contributed by atoms with Gasteiger partial charge >= 0.3 is 15.2 Å². The van der Waals surface area contributed by atoms with E-state index in [0.29, 0.717) is 0 Å². The van der Waals surface area contributed by atoms with Gasteiger partial charge in [-0.1, -0.05) is 23.7 Å². The summed E-state index contributed by atoms with van der Waals surface area (Å²) in [5, 5.41) is -2.82. The summed E-state index contributed by atoms with van der Waals surface area (Å²) in [7, 11) is -10.5. The molecule has 0 saturated carbocycles. The molecule has 1 aromatic carbocycles. The molecule has 0 heterocycles. The Morgan fingerprint density at radius 3 is 1.65 bits per heavy atom. The van der Waals surface area contributed by atoms with Crippen LogP contribution in [0, 0.1) is 0 Å². The molecule has 10 heteroatoms. The Morgan fingerprint density at radius 2 is 1.35 bits per heavy atom. The van der Waals surface area contributed by atoms with Crippen molar-refractivity contribution in [2.24, 2.45) is 5.73 Å². The quantitative estimate of drug-likeness (QED) is 0.519. The van der Waals surface area contributed by atoms with Crippen molar-refractivity contribution in [1.82, 2.24) is 0 Å². The average Bonchev–Trinajstić information content (AvgIpc) is 2.14. The normalized spacial score (nSPS) is 13.8. The van der Waals surface area contributed by atoms with Gasteiger partial charge in [0.2, 0.25) is 5.02 Å². The van der Waals surface area contributed by atoms with Gasteiger partial charge in [-0.2, -0.15) is 0 Å². The second-order valence-corrected chi connectivity index (χ2v) is 7.70. The molecule has 0 radical (unpaired) electrons. The maximum atomic E-state index is 11.2. The van der Waals surface area contributed by atoms with Crippen LogP contribution < -0.4 is 5.73 Å². The predicted molar refractivity (Wildman–Crippen MR) is 61.4 cm³/mol. The van der Waals surface area contributed by atoms with E-state index in [0.717, 1.165) is 12.1 Å². The van der Waals surface area contributed by atoms with Gasteiger partial charge < -0.3 is 25.3 Å². The third-order valence-electron chi connectivity index (χ3n) is 2.16. The highest BCUT2D eigenvalue weighted by Crippen LogP contribution is 2.71. The number of nitrogens with two attached hydrogens (primary N) is 1. The van der Waals surface area contributed by atoms with Gasteiger partial charge in [0.05, 0.1) is 0 Å². The number of hydrogen-bond acceptors (Lipinski definition) is 3. The first-order valence-electron chi connectivity index (χ1n) is 4.16. The molecule has 0 aliphatic heterocycles. The van der Waals surface area contributed by atoms with E-state index in [1.165, 1.54) is 12.1 Å². The van der Waals surface area contributed by atoms with E-state index in [2.05, 4.69) is 0 Å². The molecule has 1 rings (SSSR count). The molecule has 0 unspecified atom stereocenters. The number of rotatable bonds is 3. The van der Waals surface area contributed by atoms with Crippen molar-refractivity contribution in [3.8, 4) is 0 Å². The molecular formula is C7H10ClNO6P2. The Kier molecular flexibility index (Phi) is 3.89. The minimum absolute atomic E-state index is 0.243. The van der Waals surface area contributed by atoms with Gasteiger partial charge in [-0.15, -0.1) is 0 Å². The van der Waals surface area contributed by atoms with Crippen LogP contribution in [0.2, 0.25) is 5.02 Å². The van der Waals surface area contributed by atoms with Gasteiger partial charge in [0.1, 0.15) is 0 Å². The molecule has 0 amide bonds. The second-order valence-electron chi connectivity index (χ2n) is 3.32. The molecule has 0 aliphatic carbocycles. The molecule has 96 valence electrons. The van der Waals surface area contributed by atoms with Crippen molar-refractivity contribution in [2.45, 2.75) is 5.02 Å². The van der Waals surface area contributed by atoms with Crippen molar-refractivity contribution in [1.29, 1.82) is 0 Å². The first-order chi connectivity index (χ1) is 7.50. The Labute approximate surface area is 102 Å². The molecule has 0 saturated heterocycles. The lowest BCUT2D eigenvalue weighted by molar-refractivity contribution is 0.310. The molecule has 1 aromatic rings. The third-order valence-corrected chi connectivity index (χ3v) is 6.27. The summed E-state index contributed by atoms with van der Waals surface area (Å²) in [6.45, 7) is 0. The van der Waals surface area contributed by atoms with Gasteiger partial charge in [-0.05, 0) is 17.7 Å². The molecule has 0 fully saturated rings. The highest BCUT2D eigenvalue weighted by Gasteiger charge is 2.58. The summed E-state index contributed by atoms with van der Waals surface area (Å²) in [6, 6.07) is 4.56. The first-order valence-corrected chi connectivity index (χ1v) is 7.76. The Bertz CT molecular complexity index is 484. The first kappa shape index (κ1) is 14.8. The van der Waals surface area contributed by atoms with Crippen LogP contribution in [0.5, 0.6) is 0 Å². The van der Waals surface area contributed by atoms with Crippen LogP contribution in [0.25, 0.3) is 0 Å². The van der Waals surface area contributed by atoms with Crippen LogP contribution in [0.3, 0.4) is 0 Å². The van der Waals surface area contributed by atoms with Gasteiger partial charge in [0, 0.05) is 5.02 Å². The van der Waals surface area contributed by atoms with Crippen LogP contribution in [0.15, 0.2) is 24.3 Å². The highest BCUT2D eigenvalue weighted by atomic mass is 35.5. The molecule has 7 nitrogen and oxygen atoms in total. The molecule has 0 aliphatic rings. The number of benzene rings is 1. The van der Waals surface area contributed by atoms with Crippen LogP contribution in [0.1, 0.15) is 5.56 Å². The van der Waals surface area contributed by atoms with Crippen molar-refractivity contribution < 1.29 is 28.7 Å². The smallest absolute Gasteiger partial charge is 0.322 e. The summed E-state index contributed by atoms with van der Waals surface area (Å²) in [6.07, 6.45) is 0. The zero-order chi connectivity index (χ0) is 13.5. The molecule has 0 spiro atoms. The van der Waals surface area contributed by atoms with Gasteiger partial charge in [0.15, 0.2) is 0 Å². The lowest BCUT2D eigenvalue weighted by Gasteiger charge is -2.30. The highest BCUT2D eigenvalue weighted by molar-refractivity contribution is 7.71. The third kappa shape index (κ3) is 2.62. The summed E-state index contributed by atoms with van der Waals surface area (Å²) in [4.78, 5) is 36.2. The molecule has 6 N–H and O–H groups in total. The van der Waals surface area contributed by atoms with E-state index in [1.54, 1.807) is 0 Å². The van der Waals surface area contributed by atoms with Crippen LogP contribution >= 0.6 is 26.8 Å². The molecule has 0 atom stereocenters. The van der Waals surface area contributed by atoms with Crippen molar-refractivity contribution in [2.75, 3.05) is 0 Å². The predicted octanol–water partition coefficient (Wildman–Crippen LogP) is 0.764. The van der Waals surface area contributed by atoms with E-state index in [-0.39, 0.29) is 10.6 Å². The second kappa shape index (κ2) is 4.46. The lowest BCUT2D eigenvalue weighted by atomic mass is 10.2. The molecule has 0 aromatic heterocycles. The van der Waals surface area contributed by atoms with E-state index in [1.807, 2.05) is 0 Å². The Morgan fingerprint density at radius 1 is 1.00 bits per heavy atom. The standard InChI is InChI=1S/C7H10ClNO6P2/c8-6-3-1-5(2-4-6)7(9,16(10,11)12)17(13,14)15/h1-4H,9H2,(H2,10,11,12)(H2,13,14,15).